The molecule has 0 aliphatic heterocycles. The highest BCUT2D eigenvalue weighted by Gasteiger charge is 2.10. The van der Waals surface area contributed by atoms with Crippen LogP contribution in [0.15, 0.2) is 57.8 Å². The molecule has 3 aromatic rings. The van der Waals surface area contributed by atoms with E-state index in [1.807, 2.05) is 26.0 Å². The van der Waals surface area contributed by atoms with Crippen LogP contribution in [0.2, 0.25) is 0 Å². The van der Waals surface area contributed by atoms with E-state index in [0.29, 0.717) is 16.7 Å². The molecule has 0 unspecified atom stereocenters. The highest BCUT2D eigenvalue weighted by Crippen LogP contribution is 2.23. The van der Waals surface area contributed by atoms with Gasteiger partial charge in [0.2, 0.25) is 0 Å². The number of aryl methyl sites for hydroxylation is 2. The minimum Gasteiger partial charge on any atom is -0.458 e. The predicted molar refractivity (Wildman–Crippen MR) is 97.2 cm³/mol. The number of carbonyl (C=O) groups is 1. The molecule has 1 heterocycles. The standard InChI is InChI=1S/C21H17FO4/c1-13-3-9-18-16(11-20(24)26-21(18)14(13)2)12-25-19(23)10-6-15-4-7-17(22)8-5-15/h3-11H,12H2,1-2H3/b10-6+. The van der Waals surface area contributed by atoms with Crippen LogP contribution in [0.3, 0.4) is 0 Å². The maximum absolute atomic E-state index is 12.9. The molecule has 4 nitrogen and oxygen atoms in total. The zero-order valence-corrected chi connectivity index (χ0v) is 14.4. The number of fused-ring (bicyclic) bond motifs is 1. The van der Waals surface area contributed by atoms with Gasteiger partial charge in [0.1, 0.15) is 18.0 Å². The molecule has 0 saturated carbocycles. The van der Waals surface area contributed by atoms with Crippen LogP contribution in [0, 0.1) is 19.7 Å². The van der Waals surface area contributed by atoms with Gasteiger partial charge >= 0.3 is 11.6 Å². The van der Waals surface area contributed by atoms with Crippen LogP contribution in [0.5, 0.6) is 0 Å². The summed E-state index contributed by atoms with van der Waals surface area (Å²) in [7, 11) is 0. The first kappa shape index (κ1) is 17.6. The molecule has 0 N–H and O–H groups in total. The van der Waals surface area contributed by atoms with E-state index in [0.717, 1.165) is 16.5 Å². The van der Waals surface area contributed by atoms with Crippen molar-refractivity contribution in [3.63, 3.8) is 0 Å². The van der Waals surface area contributed by atoms with Crippen LogP contribution in [-0.4, -0.2) is 5.97 Å². The zero-order chi connectivity index (χ0) is 18.7. The summed E-state index contributed by atoms with van der Waals surface area (Å²) in [4.78, 5) is 23.7. The van der Waals surface area contributed by atoms with Gasteiger partial charge in [-0.2, -0.15) is 0 Å². The number of halogens is 1. The van der Waals surface area contributed by atoms with E-state index >= 15 is 0 Å². The molecule has 26 heavy (non-hydrogen) atoms. The fourth-order valence-corrected chi connectivity index (χ4v) is 2.58. The molecule has 3 rings (SSSR count). The molecular weight excluding hydrogens is 335 g/mol. The lowest BCUT2D eigenvalue weighted by atomic mass is 10.0. The number of benzene rings is 2. The average molecular weight is 352 g/mol. The minimum atomic E-state index is -0.556. The highest BCUT2D eigenvalue weighted by atomic mass is 19.1. The van der Waals surface area contributed by atoms with Crippen molar-refractivity contribution in [2.24, 2.45) is 0 Å². The average Bonchev–Trinajstić information content (AvgIpc) is 2.62. The van der Waals surface area contributed by atoms with E-state index < -0.39 is 11.6 Å². The van der Waals surface area contributed by atoms with E-state index in [1.54, 1.807) is 12.1 Å². The van der Waals surface area contributed by atoms with Gasteiger partial charge in [-0.3, -0.25) is 0 Å². The van der Waals surface area contributed by atoms with Crippen molar-refractivity contribution in [2.45, 2.75) is 20.5 Å². The second-order valence-electron chi connectivity index (χ2n) is 5.97. The maximum atomic E-state index is 12.9. The van der Waals surface area contributed by atoms with Crippen molar-refractivity contribution in [2.75, 3.05) is 0 Å². The van der Waals surface area contributed by atoms with Gasteiger partial charge in [-0.25, -0.2) is 14.0 Å². The second kappa shape index (κ2) is 7.35. The maximum Gasteiger partial charge on any atom is 0.336 e. The quantitative estimate of drug-likeness (QED) is 0.399. The van der Waals surface area contributed by atoms with E-state index in [4.69, 9.17) is 9.15 Å². The van der Waals surface area contributed by atoms with Gasteiger partial charge < -0.3 is 9.15 Å². The molecule has 0 aliphatic rings. The molecular formula is C21H17FO4. The Morgan fingerprint density at radius 3 is 2.62 bits per heavy atom. The molecule has 0 saturated heterocycles. The van der Waals surface area contributed by atoms with Gasteiger partial charge in [-0.1, -0.05) is 24.3 Å². The largest absolute Gasteiger partial charge is 0.458 e. The summed E-state index contributed by atoms with van der Waals surface area (Å²) in [5.74, 6) is -0.899. The Kier molecular flexibility index (Phi) is 4.98. The number of rotatable bonds is 4. The smallest absolute Gasteiger partial charge is 0.336 e. The molecule has 0 amide bonds. The monoisotopic (exact) mass is 352 g/mol. The fourth-order valence-electron chi connectivity index (χ4n) is 2.58. The fraction of sp³-hybridized carbons (Fsp3) is 0.143. The summed E-state index contributed by atoms with van der Waals surface area (Å²) in [5.41, 5.74) is 3.17. The van der Waals surface area contributed by atoms with Gasteiger partial charge in [0.05, 0.1) is 0 Å². The number of ether oxygens (including phenoxy) is 1. The van der Waals surface area contributed by atoms with Gasteiger partial charge in [0, 0.05) is 23.1 Å². The highest BCUT2D eigenvalue weighted by molar-refractivity contribution is 5.88. The van der Waals surface area contributed by atoms with Gasteiger partial charge in [-0.05, 0) is 48.7 Å². The van der Waals surface area contributed by atoms with Gasteiger partial charge in [0.15, 0.2) is 0 Å². The third-order valence-electron chi connectivity index (χ3n) is 4.17. The molecule has 1 aromatic heterocycles. The first-order valence-electron chi connectivity index (χ1n) is 8.07. The van der Waals surface area contributed by atoms with Crippen LogP contribution >= 0.6 is 0 Å². The zero-order valence-electron chi connectivity index (χ0n) is 14.4. The predicted octanol–water partition coefficient (Wildman–Crippen LogP) is 4.31. The lowest BCUT2D eigenvalue weighted by molar-refractivity contribution is -0.138. The van der Waals surface area contributed by atoms with Gasteiger partial charge in [0.25, 0.3) is 0 Å². The van der Waals surface area contributed by atoms with Crippen molar-refractivity contribution in [3.05, 3.63) is 87.0 Å². The molecule has 0 bridgehead atoms. The van der Waals surface area contributed by atoms with E-state index in [2.05, 4.69) is 0 Å². The van der Waals surface area contributed by atoms with Crippen LogP contribution in [-0.2, 0) is 16.1 Å². The SMILES string of the molecule is Cc1ccc2c(COC(=O)/C=C/c3ccc(F)cc3)cc(=O)oc2c1C. The summed E-state index contributed by atoms with van der Waals surface area (Å²) < 4.78 is 23.4. The molecule has 0 atom stereocenters. The molecule has 0 spiro atoms. The Labute approximate surface area is 149 Å². The molecule has 0 fully saturated rings. The van der Waals surface area contributed by atoms with Crippen molar-refractivity contribution in [1.29, 1.82) is 0 Å². The Bertz CT molecular complexity index is 1050. The van der Waals surface area contributed by atoms with Crippen LogP contribution in [0.4, 0.5) is 4.39 Å². The lowest BCUT2D eigenvalue weighted by Crippen LogP contribution is -2.06. The molecule has 0 aliphatic carbocycles. The Morgan fingerprint density at radius 1 is 1.15 bits per heavy atom. The van der Waals surface area contributed by atoms with Crippen LogP contribution in [0.25, 0.3) is 17.0 Å². The Hall–Kier alpha value is -3.21. The first-order chi connectivity index (χ1) is 12.4. The summed E-state index contributed by atoms with van der Waals surface area (Å²) in [5, 5.41) is 0.739. The van der Waals surface area contributed by atoms with Crippen LogP contribution in [0.1, 0.15) is 22.3 Å². The van der Waals surface area contributed by atoms with Crippen molar-refractivity contribution < 1.29 is 18.3 Å². The van der Waals surface area contributed by atoms with Gasteiger partial charge in [-0.15, -0.1) is 0 Å². The first-order valence-corrected chi connectivity index (χ1v) is 8.07. The molecule has 5 heteroatoms. The molecule has 2 aromatic carbocycles. The molecule has 132 valence electrons. The third kappa shape index (κ3) is 3.88. The summed E-state index contributed by atoms with van der Waals surface area (Å²) in [6, 6.07) is 10.8. The van der Waals surface area contributed by atoms with Crippen molar-refractivity contribution in [3.8, 4) is 0 Å². The molecule has 0 radical (unpaired) electrons. The lowest BCUT2D eigenvalue weighted by Gasteiger charge is -2.09. The third-order valence-corrected chi connectivity index (χ3v) is 4.17. The normalized spacial score (nSPS) is 11.2. The number of carbonyl (C=O) groups excluding carboxylic acids is 1. The number of hydrogen-bond acceptors (Lipinski definition) is 4. The van der Waals surface area contributed by atoms with E-state index in [9.17, 15) is 14.0 Å². The topological polar surface area (TPSA) is 56.5 Å². The number of esters is 1. The van der Waals surface area contributed by atoms with Crippen molar-refractivity contribution >= 4 is 23.0 Å². The van der Waals surface area contributed by atoms with Crippen molar-refractivity contribution in [1.82, 2.24) is 0 Å². The Morgan fingerprint density at radius 2 is 1.88 bits per heavy atom. The summed E-state index contributed by atoms with van der Waals surface area (Å²) in [6.07, 6.45) is 2.79. The van der Waals surface area contributed by atoms with Crippen LogP contribution < -0.4 is 5.63 Å². The van der Waals surface area contributed by atoms with E-state index in [1.165, 1.54) is 30.4 Å². The number of hydrogen-bond donors (Lipinski definition) is 0. The minimum absolute atomic E-state index is 0.0445. The van der Waals surface area contributed by atoms with E-state index in [-0.39, 0.29) is 12.4 Å². The summed E-state index contributed by atoms with van der Waals surface area (Å²) in [6.45, 7) is 3.76. The summed E-state index contributed by atoms with van der Waals surface area (Å²) >= 11 is 0. The second-order valence-corrected chi connectivity index (χ2v) is 5.97. The Balaban J connectivity index is 1.77.